The molecule has 0 spiro atoms. The fraction of sp³-hybridized carbons (Fsp3) is 0.600. The molecule has 0 radical (unpaired) electrons. The van der Waals surface area contributed by atoms with Crippen molar-refractivity contribution in [2.24, 2.45) is 5.92 Å². The lowest BCUT2D eigenvalue weighted by atomic mass is 10.1. The van der Waals surface area contributed by atoms with E-state index < -0.39 is 28.6 Å². The molecule has 0 bridgehead atoms. The summed E-state index contributed by atoms with van der Waals surface area (Å²) in [7, 11) is -3.88. The Labute approximate surface area is 167 Å². The summed E-state index contributed by atoms with van der Waals surface area (Å²) in [5, 5.41) is 2.84. The molecule has 1 aliphatic rings. The summed E-state index contributed by atoms with van der Waals surface area (Å²) >= 11 is 0. The molecule has 1 aliphatic carbocycles. The molecule has 2 N–H and O–H groups in total. The Morgan fingerprint density at radius 3 is 2.32 bits per heavy atom. The van der Waals surface area contributed by atoms with E-state index >= 15 is 0 Å². The number of esters is 1. The average molecular weight is 411 g/mol. The number of nitrogens with one attached hydrogen (secondary N) is 2. The van der Waals surface area contributed by atoms with Crippen molar-refractivity contribution in [2.75, 3.05) is 6.61 Å². The van der Waals surface area contributed by atoms with Crippen LogP contribution in [0.1, 0.15) is 51.5 Å². The van der Waals surface area contributed by atoms with Gasteiger partial charge in [-0.25, -0.2) is 8.42 Å². The molecule has 8 heteroatoms. The van der Waals surface area contributed by atoms with Crippen LogP contribution < -0.4 is 10.0 Å². The molecular weight excluding hydrogens is 380 g/mol. The van der Waals surface area contributed by atoms with Crippen molar-refractivity contribution in [1.29, 1.82) is 0 Å². The first-order valence-corrected chi connectivity index (χ1v) is 11.2. The molecule has 1 saturated carbocycles. The predicted octanol–water partition coefficient (Wildman–Crippen LogP) is 2.29. The highest BCUT2D eigenvalue weighted by atomic mass is 32.2. The van der Waals surface area contributed by atoms with E-state index in [1.165, 1.54) is 12.1 Å². The van der Waals surface area contributed by atoms with Gasteiger partial charge in [0, 0.05) is 6.04 Å². The molecule has 2 rings (SSSR count). The first kappa shape index (κ1) is 22.4. The van der Waals surface area contributed by atoms with Gasteiger partial charge < -0.3 is 10.1 Å². The van der Waals surface area contributed by atoms with E-state index in [9.17, 15) is 18.0 Å². The van der Waals surface area contributed by atoms with Crippen molar-refractivity contribution in [3.05, 3.63) is 29.8 Å². The minimum absolute atomic E-state index is 0.0607. The van der Waals surface area contributed by atoms with Crippen LogP contribution in [0.3, 0.4) is 0 Å². The van der Waals surface area contributed by atoms with Gasteiger partial charge in [0.25, 0.3) is 5.91 Å². The summed E-state index contributed by atoms with van der Waals surface area (Å²) in [5.74, 6) is -1.04. The van der Waals surface area contributed by atoms with Gasteiger partial charge in [0.2, 0.25) is 10.0 Å². The molecule has 1 fully saturated rings. The number of ether oxygens (including phenoxy) is 1. The minimum atomic E-state index is -3.88. The molecule has 156 valence electrons. The monoisotopic (exact) mass is 410 g/mol. The molecule has 0 aliphatic heterocycles. The normalized spacial score (nSPS) is 16.1. The molecule has 1 aromatic carbocycles. The van der Waals surface area contributed by atoms with Crippen molar-refractivity contribution in [2.45, 2.75) is 69.9 Å². The number of hydrogen-bond donors (Lipinski definition) is 2. The Balaban J connectivity index is 1.98. The zero-order valence-corrected chi connectivity index (χ0v) is 17.6. The summed E-state index contributed by atoms with van der Waals surface area (Å²) in [6.07, 6.45) is 4.32. The number of benzene rings is 1. The number of sulfonamides is 1. The number of carbonyl (C=O) groups is 2. The predicted molar refractivity (Wildman–Crippen MR) is 106 cm³/mol. The second-order valence-corrected chi connectivity index (χ2v) is 9.49. The van der Waals surface area contributed by atoms with Gasteiger partial charge in [-0.05, 0) is 44.2 Å². The maximum absolute atomic E-state index is 12.6. The van der Waals surface area contributed by atoms with Crippen LogP contribution in [0.5, 0.6) is 0 Å². The second-order valence-electron chi connectivity index (χ2n) is 7.77. The highest BCUT2D eigenvalue weighted by Crippen LogP contribution is 2.17. The quantitative estimate of drug-likeness (QED) is 0.608. The van der Waals surface area contributed by atoms with Crippen LogP contribution in [0.4, 0.5) is 0 Å². The SMILES string of the molecule is Cc1ccc(S(=O)(=O)N[C@@H](CC(C)C)C(=O)OCC(=O)NC2CCCC2)cc1. The standard InChI is InChI=1S/C20H30N2O5S/c1-14(2)12-18(22-28(25,26)17-10-8-15(3)9-11-17)20(24)27-13-19(23)21-16-6-4-5-7-16/h8-11,14,16,18,22H,4-7,12-13H2,1-3H3,(H,21,23)/t18-/m0/s1. The molecule has 7 nitrogen and oxygen atoms in total. The van der Waals surface area contributed by atoms with E-state index in [0.29, 0.717) is 0 Å². The third kappa shape index (κ3) is 6.91. The van der Waals surface area contributed by atoms with Crippen molar-refractivity contribution >= 4 is 21.9 Å². The maximum Gasteiger partial charge on any atom is 0.324 e. The lowest BCUT2D eigenvalue weighted by Crippen LogP contribution is -2.44. The summed E-state index contributed by atoms with van der Waals surface area (Å²) < 4.78 is 32.7. The Morgan fingerprint density at radius 2 is 1.75 bits per heavy atom. The second kappa shape index (κ2) is 10.0. The van der Waals surface area contributed by atoms with E-state index in [2.05, 4.69) is 10.0 Å². The highest BCUT2D eigenvalue weighted by Gasteiger charge is 2.28. The van der Waals surface area contributed by atoms with Crippen LogP contribution in [-0.4, -0.2) is 39.0 Å². The van der Waals surface area contributed by atoms with Crippen LogP contribution in [0.25, 0.3) is 0 Å². The fourth-order valence-electron chi connectivity index (χ4n) is 3.21. The lowest BCUT2D eigenvalue weighted by molar-refractivity contribution is -0.150. The van der Waals surface area contributed by atoms with Crippen LogP contribution >= 0.6 is 0 Å². The van der Waals surface area contributed by atoms with Crippen molar-refractivity contribution in [3.63, 3.8) is 0 Å². The van der Waals surface area contributed by atoms with E-state index in [-0.39, 0.29) is 29.2 Å². The highest BCUT2D eigenvalue weighted by molar-refractivity contribution is 7.89. The summed E-state index contributed by atoms with van der Waals surface area (Å²) in [4.78, 5) is 24.5. The number of carbonyl (C=O) groups excluding carboxylic acids is 2. The number of hydrogen-bond acceptors (Lipinski definition) is 5. The van der Waals surface area contributed by atoms with Gasteiger partial charge in [-0.2, -0.15) is 4.72 Å². The molecular formula is C20H30N2O5S. The van der Waals surface area contributed by atoms with E-state index in [4.69, 9.17) is 4.74 Å². The minimum Gasteiger partial charge on any atom is -0.454 e. The molecule has 0 unspecified atom stereocenters. The third-order valence-corrected chi connectivity index (χ3v) is 6.17. The van der Waals surface area contributed by atoms with Gasteiger partial charge in [-0.15, -0.1) is 0 Å². The number of aryl methyl sites for hydroxylation is 1. The molecule has 1 amide bonds. The van der Waals surface area contributed by atoms with Gasteiger partial charge in [-0.3, -0.25) is 9.59 Å². The first-order chi connectivity index (χ1) is 13.2. The van der Waals surface area contributed by atoms with Gasteiger partial charge in [0.15, 0.2) is 6.61 Å². The van der Waals surface area contributed by atoms with Crippen LogP contribution in [0.2, 0.25) is 0 Å². The van der Waals surface area contributed by atoms with E-state index in [1.807, 2.05) is 20.8 Å². The first-order valence-electron chi connectivity index (χ1n) is 9.72. The fourth-order valence-corrected chi connectivity index (χ4v) is 4.41. The van der Waals surface area contributed by atoms with Gasteiger partial charge in [0.1, 0.15) is 6.04 Å². The van der Waals surface area contributed by atoms with Crippen LogP contribution in [0, 0.1) is 12.8 Å². The number of rotatable bonds is 9. The van der Waals surface area contributed by atoms with Gasteiger partial charge >= 0.3 is 5.97 Å². The lowest BCUT2D eigenvalue weighted by Gasteiger charge is -2.20. The Morgan fingerprint density at radius 1 is 1.14 bits per heavy atom. The smallest absolute Gasteiger partial charge is 0.324 e. The molecule has 1 aromatic rings. The Hall–Kier alpha value is -1.93. The number of amides is 1. The third-order valence-electron chi connectivity index (χ3n) is 4.69. The average Bonchev–Trinajstić information content (AvgIpc) is 3.11. The van der Waals surface area contributed by atoms with Crippen molar-refractivity contribution in [1.82, 2.24) is 10.0 Å². The van der Waals surface area contributed by atoms with Crippen LogP contribution in [-0.2, 0) is 24.3 Å². The Bertz CT molecular complexity index is 768. The zero-order chi connectivity index (χ0) is 20.7. The molecule has 1 atom stereocenters. The van der Waals surface area contributed by atoms with Crippen molar-refractivity contribution in [3.8, 4) is 0 Å². The van der Waals surface area contributed by atoms with Crippen molar-refractivity contribution < 1.29 is 22.7 Å². The largest absolute Gasteiger partial charge is 0.454 e. The van der Waals surface area contributed by atoms with Gasteiger partial charge in [0.05, 0.1) is 4.90 Å². The topological polar surface area (TPSA) is 102 Å². The molecule has 28 heavy (non-hydrogen) atoms. The molecule has 0 heterocycles. The van der Waals surface area contributed by atoms with E-state index in [1.54, 1.807) is 12.1 Å². The maximum atomic E-state index is 12.6. The zero-order valence-electron chi connectivity index (χ0n) is 16.7. The molecule has 0 saturated heterocycles. The summed E-state index contributed by atoms with van der Waals surface area (Å²) in [6, 6.07) is 5.45. The molecule has 0 aromatic heterocycles. The Kier molecular flexibility index (Phi) is 8.00. The van der Waals surface area contributed by atoms with E-state index in [0.717, 1.165) is 31.2 Å². The van der Waals surface area contributed by atoms with Gasteiger partial charge in [-0.1, -0.05) is 44.4 Å². The summed E-state index contributed by atoms with van der Waals surface area (Å²) in [6.45, 7) is 5.22. The summed E-state index contributed by atoms with van der Waals surface area (Å²) in [5.41, 5.74) is 0.936. The van der Waals surface area contributed by atoms with Crippen LogP contribution in [0.15, 0.2) is 29.2 Å².